The van der Waals surface area contributed by atoms with E-state index in [0.29, 0.717) is 5.02 Å². The van der Waals surface area contributed by atoms with Crippen LogP contribution in [0.2, 0.25) is 10.0 Å². The Morgan fingerprint density at radius 1 is 1.00 bits per heavy atom. The van der Waals surface area contributed by atoms with Crippen molar-refractivity contribution in [3.63, 3.8) is 0 Å². The van der Waals surface area contributed by atoms with Crippen LogP contribution in [0.5, 0.6) is 23.1 Å². The highest BCUT2D eigenvalue weighted by Gasteiger charge is 2.11. The van der Waals surface area contributed by atoms with Gasteiger partial charge in [-0.1, -0.05) is 23.2 Å². The van der Waals surface area contributed by atoms with Gasteiger partial charge in [-0.2, -0.15) is 5.11 Å². The summed E-state index contributed by atoms with van der Waals surface area (Å²) in [4.78, 5) is 15.0. The number of carboxylic acid groups (broad SMARTS) is 1. The van der Waals surface area contributed by atoms with Crippen LogP contribution in [-0.4, -0.2) is 26.3 Å². The largest absolute Gasteiger partial charge is 0.507 e. The van der Waals surface area contributed by atoms with Gasteiger partial charge in [0.1, 0.15) is 33.5 Å². The summed E-state index contributed by atoms with van der Waals surface area (Å²) in [6.07, 6.45) is 1.37. The predicted molar refractivity (Wildman–Crippen MR) is 102 cm³/mol. The molecule has 28 heavy (non-hydrogen) atoms. The fourth-order valence-corrected chi connectivity index (χ4v) is 2.52. The summed E-state index contributed by atoms with van der Waals surface area (Å²) >= 11 is 11.8. The number of aromatic carboxylic acids is 1. The molecule has 1 heterocycles. The molecule has 3 rings (SSSR count). The molecule has 8 nitrogen and oxygen atoms in total. The topological polar surface area (TPSA) is 125 Å². The lowest BCUT2D eigenvalue weighted by Gasteiger charge is -2.07. The van der Waals surface area contributed by atoms with E-state index in [2.05, 4.69) is 15.2 Å². The van der Waals surface area contributed by atoms with E-state index < -0.39 is 11.7 Å². The molecule has 0 radical (unpaired) electrons. The average molecular weight is 420 g/mol. The van der Waals surface area contributed by atoms with Crippen LogP contribution in [0.25, 0.3) is 0 Å². The maximum Gasteiger partial charge on any atom is 0.339 e. The Labute approximate surface area is 168 Å². The van der Waals surface area contributed by atoms with Crippen molar-refractivity contribution in [2.45, 2.75) is 0 Å². The fourth-order valence-electron chi connectivity index (χ4n) is 2.10. The lowest BCUT2D eigenvalue weighted by molar-refractivity contribution is 0.0693. The number of phenolic OH excluding ortho intramolecular Hbond substituents is 1. The van der Waals surface area contributed by atoms with Crippen molar-refractivity contribution in [2.24, 2.45) is 10.2 Å². The number of aromatic nitrogens is 1. The molecule has 0 aliphatic carbocycles. The molecule has 1 aromatic heterocycles. The highest BCUT2D eigenvalue weighted by atomic mass is 35.5. The Balaban J connectivity index is 1.86. The molecule has 0 aliphatic rings. The van der Waals surface area contributed by atoms with Gasteiger partial charge >= 0.3 is 5.97 Å². The molecule has 2 aromatic carbocycles. The third-order valence-electron chi connectivity index (χ3n) is 3.42. The number of aromatic hydroxyl groups is 2. The summed E-state index contributed by atoms with van der Waals surface area (Å²) in [6.45, 7) is 0. The van der Waals surface area contributed by atoms with Gasteiger partial charge in [-0.25, -0.2) is 9.78 Å². The number of halogens is 2. The number of azo groups is 1. The average Bonchev–Trinajstić information content (AvgIpc) is 2.65. The molecule has 0 atom stereocenters. The number of carboxylic acids is 1. The van der Waals surface area contributed by atoms with E-state index in [4.69, 9.17) is 33.0 Å². The third kappa shape index (κ3) is 4.48. The molecule has 0 bridgehead atoms. The van der Waals surface area contributed by atoms with Gasteiger partial charge in [-0.15, -0.1) is 5.11 Å². The van der Waals surface area contributed by atoms with Crippen LogP contribution < -0.4 is 4.74 Å². The van der Waals surface area contributed by atoms with E-state index in [-0.39, 0.29) is 39.3 Å². The Kier molecular flexibility index (Phi) is 5.62. The highest BCUT2D eigenvalue weighted by Crippen LogP contribution is 2.36. The van der Waals surface area contributed by atoms with Crippen molar-refractivity contribution in [1.82, 2.24) is 4.98 Å². The first-order chi connectivity index (χ1) is 13.3. The normalized spacial score (nSPS) is 10.9. The SMILES string of the molecule is O=C(O)c1cc(N=Nc2cc(Oc3ncc(Cl)cc3Cl)ccc2O)ccc1O. The number of benzene rings is 2. The van der Waals surface area contributed by atoms with Gasteiger partial charge in [0.15, 0.2) is 0 Å². The van der Waals surface area contributed by atoms with Crippen molar-refractivity contribution in [1.29, 1.82) is 0 Å². The van der Waals surface area contributed by atoms with Crippen LogP contribution in [0, 0.1) is 0 Å². The second kappa shape index (κ2) is 8.12. The first-order valence-corrected chi connectivity index (χ1v) is 8.39. The van der Waals surface area contributed by atoms with Gasteiger partial charge < -0.3 is 20.1 Å². The van der Waals surface area contributed by atoms with Crippen molar-refractivity contribution >= 4 is 40.5 Å². The number of carbonyl (C=O) groups is 1. The maximum absolute atomic E-state index is 11.1. The van der Waals surface area contributed by atoms with E-state index in [0.717, 1.165) is 6.07 Å². The minimum absolute atomic E-state index is 0.0625. The quantitative estimate of drug-likeness (QED) is 0.455. The number of hydrogen-bond donors (Lipinski definition) is 3. The molecule has 0 aliphatic heterocycles. The van der Waals surface area contributed by atoms with Crippen molar-refractivity contribution < 1.29 is 24.9 Å². The van der Waals surface area contributed by atoms with Gasteiger partial charge in [0.25, 0.3) is 0 Å². The van der Waals surface area contributed by atoms with E-state index in [1.807, 2.05) is 0 Å². The Morgan fingerprint density at radius 2 is 1.75 bits per heavy atom. The highest BCUT2D eigenvalue weighted by molar-refractivity contribution is 6.35. The molecule has 142 valence electrons. The number of phenols is 2. The molecular weight excluding hydrogens is 409 g/mol. The monoisotopic (exact) mass is 419 g/mol. The zero-order valence-electron chi connectivity index (χ0n) is 13.9. The minimum atomic E-state index is -1.31. The Bertz CT molecular complexity index is 1090. The number of hydrogen-bond acceptors (Lipinski definition) is 7. The smallest absolute Gasteiger partial charge is 0.339 e. The van der Waals surface area contributed by atoms with Crippen LogP contribution in [-0.2, 0) is 0 Å². The van der Waals surface area contributed by atoms with Crippen molar-refractivity contribution in [2.75, 3.05) is 0 Å². The van der Waals surface area contributed by atoms with Crippen molar-refractivity contribution in [3.8, 4) is 23.1 Å². The Hall–Kier alpha value is -3.36. The maximum atomic E-state index is 11.1. The summed E-state index contributed by atoms with van der Waals surface area (Å²) < 4.78 is 5.55. The van der Waals surface area contributed by atoms with E-state index >= 15 is 0 Å². The fraction of sp³-hybridized carbons (Fsp3) is 0. The first-order valence-electron chi connectivity index (χ1n) is 7.63. The van der Waals surface area contributed by atoms with Crippen molar-refractivity contribution in [3.05, 3.63) is 64.3 Å². The second-order valence-electron chi connectivity index (χ2n) is 5.40. The summed E-state index contributed by atoms with van der Waals surface area (Å²) in [5.74, 6) is -1.48. The standard InChI is InChI=1S/C18H11Cl2N3O5/c19-9-5-13(20)17(21-8-9)28-11-2-4-16(25)14(7-11)23-22-10-1-3-15(24)12(6-10)18(26)27/h1-8,24-25H,(H,26,27). The zero-order valence-corrected chi connectivity index (χ0v) is 15.4. The van der Waals surface area contributed by atoms with Crippen LogP contribution in [0.15, 0.2) is 58.9 Å². The molecule has 0 fully saturated rings. The summed E-state index contributed by atoms with van der Waals surface area (Å²) in [5, 5.41) is 36.8. The number of pyridine rings is 1. The van der Waals surface area contributed by atoms with Gasteiger partial charge in [-0.05, 0) is 36.4 Å². The van der Waals surface area contributed by atoms with Gasteiger partial charge in [0.05, 0.1) is 10.7 Å². The molecule has 0 spiro atoms. The molecule has 3 N–H and O–H groups in total. The van der Waals surface area contributed by atoms with Gasteiger partial charge in [-0.3, -0.25) is 0 Å². The molecular formula is C18H11Cl2N3O5. The number of nitrogens with zero attached hydrogens (tertiary/aromatic N) is 3. The first kappa shape index (κ1) is 19.4. The molecule has 0 unspecified atom stereocenters. The number of ether oxygens (including phenoxy) is 1. The molecule has 3 aromatic rings. The van der Waals surface area contributed by atoms with Crippen LogP contribution in [0.4, 0.5) is 11.4 Å². The summed E-state index contributed by atoms with van der Waals surface area (Å²) in [7, 11) is 0. The van der Waals surface area contributed by atoms with E-state index in [9.17, 15) is 15.0 Å². The molecule has 0 amide bonds. The Morgan fingerprint density at radius 3 is 2.46 bits per heavy atom. The molecule has 10 heteroatoms. The van der Waals surface area contributed by atoms with Crippen LogP contribution >= 0.6 is 23.2 Å². The lowest BCUT2D eigenvalue weighted by atomic mass is 10.2. The third-order valence-corrected chi connectivity index (χ3v) is 3.90. The second-order valence-corrected chi connectivity index (χ2v) is 6.24. The molecule has 0 saturated carbocycles. The van der Waals surface area contributed by atoms with Crippen LogP contribution in [0.3, 0.4) is 0 Å². The van der Waals surface area contributed by atoms with Crippen LogP contribution in [0.1, 0.15) is 10.4 Å². The molecule has 0 saturated heterocycles. The van der Waals surface area contributed by atoms with E-state index in [1.54, 1.807) is 0 Å². The summed E-state index contributed by atoms with van der Waals surface area (Å²) in [6, 6.07) is 9.39. The van der Waals surface area contributed by atoms with Gasteiger partial charge in [0, 0.05) is 12.3 Å². The number of rotatable bonds is 5. The predicted octanol–water partition coefficient (Wildman–Crippen LogP) is 5.71. The minimum Gasteiger partial charge on any atom is -0.507 e. The van der Waals surface area contributed by atoms with Gasteiger partial charge in [0.2, 0.25) is 5.88 Å². The summed E-state index contributed by atoms with van der Waals surface area (Å²) in [5.41, 5.74) is -0.0860. The van der Waals surface area contributed by atoms with E-state index in [1.165, 1.54) is 42.6 Å². The lowest BCUT2D eigenvalue weighted by Crippen LogP contribution is -1.95. The zero-order chi connectivity index (χ0) is 20.3.